The van der Waals surface area contributed by atoms with E-state index >= 15 is 0 Å². The highest BCUT2D eigenvalue weighted by molar-refractivity contribution is 6.31. The molecule has 0 aliphatic rings. The van der Waals surface area contributed by atoms with Gasteiger partial charge in [0, 0.05) is 5.56 Å². The van der Waals surface area contributed by atoms with Gasteiger partial charge in [0.25, 0.3) is 5.56 Å². The van der Waals surface area contributed by atoms with E-state index < -0.39 is 5.56 Å². The Morgan fingerprint density at radius 1 is 1.00 bits per heavy atom. The normalized spacial score (nSPS) is 10.3. The maximum atomic E-state index is 11.5. The van der Waals surface area contributed by atoms with E-state index in [1.54, 1.807) is 0 Å². The zero-order valence-electron chi connectivity index (χ0n) is 10.9. The van der Waals surface area contributed by atoms with E-state index in [1.807, 2.05) is 54.6 Å². The summed E-state index contributed by atoms with van der Waals surface area (Å²) in [6, 6.07) is 17.3. The number of para-hydroxylation sites is 1. The van der Waals surface area contributed by atoms with Crippen LogP contribution in [-0.4, -0.2) is 9.97 Å². The molecule has 0 atom stereocenters. The van der Waals surface area contributed by atoms with E-state index in [0.717, 1.165) is 11.1 Å². The van der Waals surface area contributed by atoms with Crippen molar-refractivity contribution >= 4 is 11.6 Å². The highest BCUT2D eigenvalue weighted by Crippen LogP contribution is 2.33. The molecule has 3 aromatic rings. The van der Waals surface area contributed by atoms with Crippen LogP contribution in [-0.2, 0) is 0 Å². The molecule has 21 heavy (non-hydrogen) atoms. The molecule has 3 rings (SSSR count). The molecule has 4 nitrogen and oxygen atoms in total. The summed E-state index contributed by atoms with van der Waals surface area (Å²) in [6.45, 7) is 0. The molecule has 5 heteroatoms. The van der Waals surface area contributed by atoms with Crippen LogP contribution in [0.5, 0.6) is 11.6 Å². The predicted octanol–water partition coefficient (Wildman–Crippen LogP) is 3.88. The van der Waals surface area contributed by atoms with Crippen LogP contribution in [0.2, 0.25) is 5.02 Å². The molecule has 1 N–H and O–H groups in total. The fourth-order valence-corrected chi connectivity index (χ4v) is 2.10. The van der Waals surface area contributed by atoms with Gasteiger partial charge in [0.15, 0.2) is 5.02 Å². The summed E-state index contributed by atoms with van der Waals surface area (Å²) in [4.78, 5) is 17.8. The zero-order valence-corrected chi connectivity index (χ0v) is 11.7. The second-order valence-corrected chi connectivity index (χ2v) is 4.69. The van der Waals surface area contributed by atoms with Crippen LogP contribution in [0.15, 0.2) is 65.7 Å². The minimum Gasteiger partial charge on any atom is -0.437 e. The Morgan fingerprint density at radius 2 is 1.71 bits per heavy atom. The number of aromatic nitrogens is 2. The SMILES string of the molecule is O=c1[nH]cnc(Oc2ccccc2-c2ccccc2)c1Cl. The van der Waals surface area contributed by atoms with Crippen molar-refractivity contribution < 1.29 is 4.74 Å². The van der Waals surface area contributed by atoms with Crippen LogP contribution >= 0.6 is 11.6 Å². The maximum Gasteiger partial charge on any atom is 0.273 e. The third-order valence-corrected chi connectivity index (χ3v) is 3.28. The van der Waals surface area contributed by atoms with E-state index in [-0.39, 0.29) is 10.9 Å². The molecule has 2 aromatic carbocycles. The molecule has 1 aromatic heterocycles. The first-order valence-electron chi connectivity index (χ1n) is 6.31. The highest BCUT2D eigenvalue weighted by atomic mass is 35.5. The smallest absolute Gasteiger partial charge is 0.273 e. The van der Waals surface area contributed by atoms with Crippen LogP contribution < -0.4 is 10.3 Å². The average Bonchev–Trinajstić information content (AvgIpc) is 2.53. The molecule has 0 spiro atoms. The Balaban J connectivity index is 2.04. The number of hydrogen-bond donors (Lipinski definition) is 1. The Morgan fingerprint density at radius 3 is 2.52 bits per heavy atom. The molecule has 0 bridgehead atoms. The molecular formula is C16H11ClN2O2. The summed E-state index contributed by atoms with van der Waals surface area (Å²) in [6.07, 6.45) is 1.26. The standard InChI is InChI=1S/C16H11ClN2O2/c17-14-15(20)18-10-19-16(14)21-13-9-5-4-8-12(13)11-6-2-1-3-7-11/h1-10H,(H,18,19,20). The first-order chi connectivity index (χ1) is 10.3. The number of rotatable bonds is 3. The van der Waals surface area contributed by atoms with Crippen molar-refractivity contribution in [3.05, 3.63) is 76.3 Å². The number of ether oxygens (including phenoxy) is 1. The lowest BCUT2D eigenvalue weighted by atomic mass is 10.1. The van der Waals surface area contributed by atoms with Crippen LogP contribution in [0, 0.1) is 0 Å². The summed E-state index contributed by atoms with van der Waals surface area (Å²) in [5.41, 5.74) is 1.48. The number of H-pyrrole nitrogens is 1. The molecule has 104 valence electrons. The molecule has 0 saturated carbocycles. The van der Waals surface area contributed by atoms with Crippen molar-refractivity contribution in [2.75, 3.05) is 0 Å². The maximum absolute atomic E-state index is 11.5. The number of nitrogens with zero attached hydrogens (tertiary/aromatic N) is 1. The van der Waals surface area contributed by atoms with Crippen LogP contribution in [0.3, 0.4) is 0 Å². The highest BCUT2D eigenvalue weighted by Gasteiger charge is 2.11. The Hall–Kier alpha value is -2.59. The second-order valence-electron chi connectivity index (χ2n) is 4.32. The van der Waals surface area contributed by atoms with Gasteiger partial charge in [-0.05, 0) is 11.6 Å². The van der Waals surface area contributed by atoms with Gasteiger partial charge in [-0.2, -0.15) is 0 Å². The lowest BCUT2D eigenvalue weighted by Gasteiger charge is -2.10. The molecule has 0 unspecified atom stereocenters. The lowest BCUT2D eigenvalue weighted by Crippen LogP contribution is -2.08. The monoisotopic (exact) mass is 298 g/mol. The van der Waals surface area contributed by atoms with Crippen LogP contribution in [0.25, 0.3) is 11.1 Å². The number of halogens is 1. The first kappa shape index (κ1) is 13.4. The largest absolute Gasteiger partial charge is 0.437 e. The van der Waals surface area contributed by atoms with E-state index in [2.05, 4.69) is 9.97 Å². The fraction of sp³-hybridized carbons (Fsp3) is 0. The third kappa shape index (κ3) is 2.80. The van der Waals surface area contributed by atoms with Crippen molar-refractivity contribution in [3.8, 4) is 22.8 Å². The molecule has 0 aliphatic heterocycles. The minimum absolute atomic E-state index is 0.0691. The number of nitrogens with one attached hydrogen (secondary N) is 1. The molecular weight excluding hydrogens is 288 g/mol. The van der Waals surface area contributed by atoms with Crippen LogP contribution in [0.1, 0.15) is 0 Å². The van der Waals surface area contributed by atoms with Crippen molar-refractivity contribution in [1.82, 2.24) is 9.97 Å². The summed E-state index contributed by atoms with van der Waals surface area (Å²) >= 11 is 5.91. The molecule has 0 fully saturated rings. The van der Waals surface area contributed by atoms with Gasteiger partial charge in [-0.25, -0.2) is 4.98 Å². The van der Waals surface area contributed by atoms with Gasteiger partial charge in [0.1, 0.15) is 5.75 Å². The van der Waals surface area contributed by atoms with Gasteiger partial charge in [-0.1, -0.05) is 60.1 Å². The fourth-order valence-electron chi connectivity index (χ4n) is 1.95. The van der Waals surface area contributed by atoms with E-state index in [1.165, 1.54) is 6.33 Å². The third-order valence-electron chi connectivity index (χ3n) is 2.94. The second kappa shape index (κ2) is 5.81. The molecule has 0 radical (unpaired) electrons. The zero-order chi connectivity index (χ0) is 14.7. The van der Waals surface area contributed by atoms with Crippen LogP contribution in [0.4, 0.5) is 0 Å². The van der Waals surface area contributed by atoms with Crippen molar-refractivity contribution in [2.24, 2.45) is 0 Å². The Bertz CT molecular complexity index is 816. The van der Waals surface area contributed by atoms with Gasteiger partial charge in [-0.15, -0.1) is 0 Å². The predicted molar refractivity (Wildman–Crippen MR) is 81.8 cm³/mol. The number of benzene rings is 2. The minimum atomic E-state index is -0.432. The summed E-state index contributed by atoms with van der Waals surface area (Å²) in [5, 5.41) is -0.0691. The van der Waals surface area contributed by atoms with Gasteiger partial charge in [0.05, 0.1) is 6.33 Å². The van der Waals surface area contributed by atoms with Crippen molar-refractivity contribution in [2.45, 2.75) is 0 Å². The Kier molecular flexibility index (Phi) is 3.71. The lowest BCUT2D eigenvalue weighted by molar-refractivity contribution is 0.462. The first-order valence-corrected chi connectivity index (χ1v) is 6.69. The molecule has 1 heterocycles. The molecule has 0 aliphatic carbocycles. The molecule has 0 saturated heterocycles. The summed E-state index contributed by atoms with van der Waals surface area (Å²) < 4.78 is 5.71. The summed E-state index contributed by atoms with van der Waals surface area (Å²) in [5.74, 6) is 0.674. The van der Waals surface area contributed by atoms with Crippen molar-refractivity contribution in [1.29, 1.82) is 0 Å². The number of hydrogen-bond acceptors (Lipinski definition) is 3. The van der Waals surface area contributed by atoms with E-state index in [4.69, 9.17) is 16.3 Å². The van der Waals surface area contributed by atoms with Crippen molar-refractivity contribution in [3.63, 3.8) is 0 Å². The van der Waals surface area contributed by atoms with Gasteiger partial charge in [0.2, 0.25) is 5.88 Å². The van der Waals surface area contributed by atoms with E-state index in [9.17, 15) is 4.79 Å². The van der Waals surface area contributed by atoms with Gasteiger partial charge in [-0.3, -0.25) is 4.79 Å². The average molecular weight is 299 g/mol. The quantitative estimate of drug-likeness (QED) is 0.798. The number of aromatic amines is 1. The van der Waals surface area contributed by atoms with Gasteiger partial charge >= 0.3 is 0 Å². The van der Waals surface area contributed by atoms with Gasteiger partial charge < -0.3 is 9.72 Å². The Labute approximate surface area is 126 Å². The molecule has 0 amide bonds. The topological polar surface area (TPSA) is 55.0 Å². The van der Waals surface area contributed by atoms with E-state index in [0.29, 0.717) is 5.75 Å². The summed E-state index contributed by atoms with van der Waals surface area (Å²) in [7, 11) is 0.